The first-order valence-corrected chi connectivity index (χ1v) is 3.65. The van der Waals surface area contributed by atoms with E-state index in [-0.39, 0.29) is 5.62 Å². The van der Waals surface area contributed by atoms with Gasteiger partial charge in [0.05, 0.1) is 0 Å². The van der Waals surface area contributed by atoms with Crippen molar-refractivity contribution in [2.75, 3.05) is 0 Å². The minimum atomic E-state index is -4.43. The number of hydrogen-bond donors (Lipinski definition) is 3. The molecule has 1 atom stereocenters. The highest BCUT2D eigenvalue weighted by atomic mass is 19.4. The highest BCUT2D eigenvalue weighted by Gasteiger charge is 2.37. The molecule has 0 aliphatic rings. The van der Waals surface area contributed by atoms with Gasteiger partial charge in [0.25, 0.3) is 0 Å². The normalized spacial score (nSPS) is 14.0. The Balaban J connectivity index is 3.21. The Labute approximate surface area is 76.3 Å². The summed E-state index contributed by atoms with van der Waals surface area (Å²) < 4.78 is 37.3. The maximum absolute atomic E-state index is 12.2. The van der Waals surface area contributed by atoms with Crippen molar-refractivity contribution in [2.24, 2.45) is 0 Å². The van der Waals surface area contributed by atoms with Crippen LogP contribution in [0.25, 0.3) is 0 Å². The smallest absolute Gasteiger partial charge is 0.295 e. The van der Waals surface area contributed by atoms with Crippen molar-refractivity contribution in [2.45, 2.75) is 19.1 Å². The number of nitrogens with zero attached hydrogens (tertiary/aromatic N) is 2. The first-order valence-electron chi connectivity index (χ1n) is 3.65. The number of halogens is 3. The van der Waals surface area contributed by atoms with Gasteiger partial charge in [-0.1, -0.05) is 0 Å². The summed E-state index contributed by atoms with van der Waals surface area (Å²) in [4.78, 5) is 5.41. The summed E-state index contributed by atoms with van der Waals surface area (Å²) in [5.41, 5.74) is -0.851. The van der Waals surface area contributed by atoms with Crippen molar-refractivity contribution < 1.29 is 13.2 Å². The Kier molecular flexibility index (Phi) is 2.45. The molecule has 1 unspecified atom stereocenters. The summed E-state index contributed by atoms with van der Waals surface area (Å²) in [7, 11) is 0. The van der Waals surface area contributed by atoms with Crippen molar-refractivity contribution in [3.05, 3.63) is 17.6 Å². The van der Waals surface area contributed by atoms with E-state index in [1.165, 1.54) is 0 Å². The Morgan fingerprint density at radius 2 is 2.07 bits per heavy atom. The Bertz CT molecular complexity index is 428. The van der Waals surface area contributed by atoms with Crippen LogP contribution in [0.3, 0.4) is 0 Å². The Morgan fingerprint density at radius 3 is 2.50 bits per heavy atom. The van der Waals surface area contributed by atoms with Crippen LogP contribution < -0.4 is 11.2 Å². The molecule has 0 bridgehead atoms. The molecule has 0 radical (unpaired) electrons. The monoisotopic (exact) mass is 207 g/mol. The highest BCUT2D eigenvalue weighted by molar-refractivity contribution is 4.74. The fourth-order valence-electron chi connectivity index (χ4n) is 0.838. The van der Waals surface area contributed by atoms with Crippen LogP contribution in [0.4, 0.5) is 13.2 Å². The molecule has 1 aromatic heterocycles. The molecule has 3 N–H and O–H groups in total. The third kappa shape index (κ3) is 2.01. The molecule has 14 heavy (non-hydrogen) atoms. The molecule has 0 fully saturated rings. The van der Waals surface area contributed by atoms with Crippen molar-refractivity contribution >= 4 is 0 Å². The van der Waals surface area contributed by atoms with Crippen molar-refractivity contribution in [1.29, 1.82) is 10.8 Å². The summed E-state index contributed by atoms with van der Waals surface area (Å²) in [6, 6.07) is -1.83. The number of aromatic amines is 1. The maximum atomic E-state index is 12.2. The molecular weight excluding hydrogens is 199 g/mol. The lowest BCUT2D eigenvalue weighted by atomic mass is 10.3. The van der Waals surface area contributed by atoms with E-state index in [0.717, 1.165) is 13.3 Å². The van der Waals surface area contributed by atoms with E-state index in [0.29, 0.717) is 4.57 Å². The summed E-state index contributed by atoms with van der Waals surface area (Å²) in [6.07, 6.45) is -3.61. The largest absolute Gasteiger partial charge is 0.409 e. The molecule has 0 aliphatic heterocycles. The molecule has 5 nitrogen and oxygen atoms in total. The fraction of sp³-hybridized carbons (Fsp3) is 0.500. The zero-order valence-electron chi connectivity index (χ0n) is 7.18. The zero-order valence-corrected chi connectivity index (χ0v) is 7.18. The number of nitrogens with one attached hydrogen (secondary N) is 3. The number of H-pyrrole nitrogens is 1. The lowest BCUT2D eigenvalue weighted by molar-refractivity contribution is -0.164. The van der Waals surface area contributed by atoms with Crippen LogP contribution in [0.5, 0.6) is 0 Å². The third-order valence-electron chi connectivity index (χ3n) is 1.70. The van der Waals surface area contributed by atoms with Crippen LogP contribution in [0.2, 0.25) is 0 Å². The van der Waals surface area contributed by atoms with Gasteiger partial charge >= 0.3 is 6.18 Å². The molecule has 0 aliphatic carbocycles. The third-order valence-corrected chi connectivity index (χ3v) is 1.70. The lowest BCUT2D eigenvalue weighted by Gasteiger charge is -2.17. The van der Waals surface area contributed by atoms with Crippen LogP contribution in [-0.2, 0) is 0 Å². The fourth-order valence-corrected chi connectivity index (χ4v) is 0.838. The van der Waals surface area contributed by atoms with Crippen LogP contribution in [0, 0.1) is 10.8 Å². The van der Waals surface area contributed by atoms with Crippen molar-refractivity contribution in [1.82, 2.24) is 14.5 Å². The molecule has 0 amide bonds. The molecule has 0 saturated carbocycles. The highest BCUT2D eigenvalue weighted by Crippen LogP contribution is 2.27. The van der Waals surface area contributed by atoms with Gasteiger partial charge in [-0.25, -0.2) is 4.98 Å². The lowest BCUT2D eigenvalue weighted by Crippen LogP contribution is -2.37. The topological polar surface area (TPSA) is 81.3 Å². The molecule has 78 valence electrons. The minimum absolute atomic E-state index is 0.347. The molecule has 0 spiro atoms. The van der Waals surface area contributed by atoms with Gasteiger partial charge in [0.2, 0.25) is 11.2 Å². The van der Waals surface area contributed by atoms with Gasteiger partial charge in [-0.05, 0) is 6.92 Å². The quantitative estimate of drug-likeness (QED) is 0.608. The Morgan fingerprint density at radius 1 is 1.50 bits per heavy atom. The number of rotatable bonds is 1. The predicted octanol–water partition coefficient (Wildman–Crippen LogP) is 0.293. The number of aromatic nitrogens is 3. The standard InChI is InChI=1S/C6H8F3N5/c1-3(6(7,8)9)14-2-12-4(10)13-5(14)11/h2-3H,1H3,(H3,10,11,13). The second-order valence-corrected chi connectivity index (χ2v) is 2.69. The summed E-state index contributed by atoms with van der Waals surface area (Å²) in [6.45, 7) is 0.914. The van der Waals surface area contributed by atoms with Gasteiger partial charge in [0, 0.05) is 0 Å². The van der Waals surface area contributed by atoms with Gasteiger partial charge in [-0.2, -0.15) is 13.2 Å². The van der Waals surface area contributed by atoms with Gasteiger partial charge in [0.1, 0.15) is 12.4 Å². The van der Waals surface area contributed by atoms with Crippen LogP contribution >= 0.6 is 0 Å². The van der Waals surface area contributed by atoms with Gasteiger partial charge in [-0.3, -0.25) is 20.4 Å². The van der Waals surface area contributed by atoms with E-state index in [1.54, 1.807) is 0 Å². The molecule has 1 rings (SSSR count). The average Bonchev–Trinajstić information content (AvgIpc) is 2.01. The summed E-state index contributed by atoms with van der Waals surface area (Å²) in [5.74, 6) is 0. The molecule has 1 aromatic rings. The summed E-state index contributed by atoms with van der Waals surface area (Å²) >= 11 is 0. The average molecular weight is 207 g/mol. The second kappa shape index (κ2) is 3.28. The molecule has 0 aromatic carbocycles. The molecule has 1 heterocycles. The summed E-state index contributed by atoms with van der Waals surface area (Å²) in [5, 5.41) is 14.1. The van der Waals surface area contributed by atoms with Gasteiger partial charge in [-0.15, -0.1) is 0 Å². The molecule has 8 heteroatoms. The van der Waals surface area contributed by atoms with E-state index in [2.05, 4.69) is 9.97 Å². The van der Waals surface area contributed by atoms with Gasteiger partial charge < -0.3 is 0 Å². The van der Waals surface area contributed by atoms with Crippen LogP contribution in [-0.4, -0.2) is 20.7 Å². The van der Waals surface area contributed by atoms with E-state index in [9.17, 15) is 13.2 Å². The number of alkyl halides is 3. The van der Waals surface area contributed by atoms with Crippen molar-refractivity contribution in [3.8, 4) is 0 Å². The first-order chi connectivity index (χ1) is 6.32. The molecule has 0 saturated heterocycles. The zero-order chi connectivity index (χ0) is 10.9. The minimum Gasteiger partial charge on any atom is -0.295 e. The van der Waals surface area contributed by atoms with E-state index in [4.69, 9.17) is 10.8 Å². The molecular formula is C6H8F3N5. The predicted molar refractivity (Wildman–Crippen MR) is 39.1 cm³/mol. The number of hydrogen-bond acceptors (Lipinski definition) is 3. The van der Waals surface area contributed by atoms with Crippen LogP contribution in [0.1, 0.15) is 13.0 Å². The van der Waals surface area contributed by atoms with E-state index >= 15 is 0 Å². The van der Waals surface area contributed by atoms with E-state index in [1.807, 2.05) is 0 Å². The maximum Gasteiger partial charge on any atom is 0.409 e. The van der Waals surface area contributed by atoms with Crippen LogP contribution in [0.15, 0.2) is 6.33 Å². The second-order valence-electron chi connectivity index (χ2n) is 2.69. The first kappa shape index (κ1) is 10.5. The Hall–Kier alpha value is -1.60. The SMILES string of the molecule is CC(n1cnc(=N)[nH]c1=N)C(F)(F)F. The van der Waals surface area contributed by atoms with E-state index < -0.39 is 17.8 Å². The van der Waals surface area contributed by atoms with Gasteiger partial charge in [0.15, 0.2) is 0 Å². The van der Waals surface area contributed by atoms with Crippen molar-refractivity contribution in [3.63, 3.8) is 0 Å².